The molecule has 0 heterocycles. The molecular formula is C14H21NO2. The van der Waals surface area contributed by atoms with E-state index in [0.29, 0.717) is 6.54 Å². The van der Waals surface area contributed by atoms with E-state index in [1.165, 1.54) is 11.1 Å². The van der Waals surface area contributed by atoms with Gasteiger partial charge in [0.2, 0.25) is 0 Å². The quantitative estimate of drug-likeness (QED) is 0.833. The van der Waals surface area contributed by atoms with E-state index in [0.717, 1.165) is 31.4 Å². The highest BCUT2D eigenvalue weighted by Gasteiger charge is 2.34. The van der Waals surface area contributed by atoms with Crippen LogP contribution in [0.15, 0.2) is 18.2 Å². The second-order valence-corrected chi connectivity index (χ2v) is 4.83. The molecule has 0 spiro atoms. The molecule has 3 nitrogen and oxygen atoms in total. The van der Waals surface area contributed by atoms with Gasteiger partial charge in [0, 0.05) is 18.6 Å². The molecule has 0 amide bonds. The lowest BCUT2D eigenvalue weighted by molar-refractivity contribution is 0.223. The number of hydrogen-bond donors (Lipinski definition) is 2. The molecule has 0 aliphatic heterocycles. The van der Waals surface area contributed by atoms with Crippen LogP contribution in [0.3, 0.4) is 0 Å². The summed E-state index contributed by atoms with van der Waals surface area (Å²) in [5, 5.41) is 9.26. The summed E-state index contributed by atoms with van der Waals surface area (Å²) < 4.78 is 5.26. The van der Waals surface area contributed by atoms with Crippen LogP contribution in [0.1, 0.15) is 30.4 Å². The van der Waals surface area contributed by atoms with Crippen LogP contribution < -0.4 is 10.5 Å². The average molecular weight is 235 g/mol. The minimum atomic E-state index is -0.0331. The lowest BCUT2D eigenvalue weighted by Crippen LogP contribution is -2.39. The Labute approximate surface area is 103 Å². The standard InChI is InChI=1S/C14H21NO2/c1-17-12-4-5-13-11(9-12)3-2-6-14(13,10-15)7-8-16/h4-5,9,16H,2-3,6-8,10,15H2,1H3. The van der Waals surface area contributed by atoms with Crippen LogP contribution in [-0.2, 0) is 11.8 Å². The van der Waals surface area contributed by atoms with Crippen LogP contribution in [0.25, 0.3) is 0 Å². The second-order valence-electron chi connectivity index (χ2n) is 4.83. The highest BCUT2D eigenvalue weighted by atomic mass is 16.5. The van der Waals surface area contributed by atoms with Crippen molar-refractivity contribution in [3.05, 3.63) is 29.3 Å². The van der Waals surface area contributed by atoms with E-state index >= 15 is 0 Å². The predicted octanol–water partition coefficient (Wildman–Crippen LogP) is 1.61. The number of ether oxygens (including phenoxy) is 1. The zero-order chi connectivity index (χ0) is 12.3. The Morgan fingerprint density at radius 1 is 1.47 bits per heavy atom. The SMILES string of the molecule is COc1ccc2c(c1)CCCC2(CN)CCO. The van der Waals surface area contributed by atoms with Crippen LogP contribution in [0.5, 0.6) is 5.75 Å². The Bertz CT molecular complexity index is 392. The molecule has 17 heavy (non-hydrogen) atoms. The number of rotatable bonds is 4. The van der Waals surface area contributed by atoms with Crippen molar-refractivity contribution in [2.24, 2.45) is 5.73 Å². The van der Waals surface area contributed by atoms with Crippen molar-refractivity contribution in [1.29, 1.82) is 0 Å². The molecule has 1 unspecified atom stereocenters. The zero-order valence-electron chi connectivity index (χ0n) is 10.4. The highest BCUT2D eigenvalue weighted by Crippen LogP contribution is 2.40. The summed E-state index contributed by atoms with van der Waals surface area (Å²) in [4.78, 5) is 0. The number of aliphatic hydroxyl groups is 1. The minimum absolute atomic E-state index is 0.0331. The molecule has 1 aromatic carbocycles. The molecule has 1 aliphatic carbocycles. The zero-order valence-corrected chi connectivity index (χ0v) is 10.4. The lowest BCUT2D eigenvalue weighted by atomic mass is 9.68. The third-order valence-electron chi connectivity index (χ3n) is 3.97. The van der Waals surface area contributed by atoms with Gasteiger partial charge in [0.05, 0.1) is 7.11 Å². The van der Waals surface area contributed by atoms with Gasteiger partial charge in [0.25, 0.3) is 0 Å². The summed E-state index contributed by atoms with van der Waals surface area (Å²) >= 11 is 0. The summed E-state index contributed by atoms with van der Waals surface area (Å²) in [6.07, 6.45) is 4.04. The van der Waals surface area contributed by atoms with E-state index in [9.17, 15) is 5.11 Å². The van der Waals surface area contributed by atoms with Gasteiger partial charge in [-0.3, -0.25) is 0 Å². The number of aliphatic hydroxyl groups excluding tert-OH is 1. The van der Waals surface area contributed by atoms with Gasteiger partial charge in [0.1, 0.15) is 5.75 Å². The van der Waals surface area contributed by atoms with Crippen molar-refractivity contribution in [3.63, 3.8) is 0 Å². The largest absolute Gasteiger partial charge is 0.497 e. The van der Waals surface area contributed by atoms with Crippen LogP contribution >= 0.6 is 0 Å². The van der Waals surface area contributed by atoms with Gasteiger partial charge in [-0.25, -0.2) is 0 Å². The normalized spacial score (nSPS) is 23.2. The molecule has 94 valence electrons. The Kier molecular flexibility index (Phi) is 3.69. The van der Waals surface area contributed by atoms with E-state index < -0.39 is 0 Å². The molecule has 0 bridgehead atoms. The van der Waals surface area contributed by atoms with E-state index in [2.05, 4.69) is 12.1 Å². The number of benzene rings is 1. The number of methoxy groups -OCH3 is 1. The maximum atomic E-state index is 9.26. The minimum Gasteiger partial charge on any atom is -0.497 e. The molecule has 1 aliphatic rings. The van der Waals surface area contributed by atoms with Gasteiger partial charge < -0.3 is 15.6 Å². The molecule has 0 radical (unpaired) electrons. The Hall–Kier alpha value is -1.06. The third-order valence-corrected chi connectivity index (χ3v) is 3.97. The summed E-state index contributed by atoms with van der Waals surface area (Å²) in [5.74, 6) is 0.903. The summed E-state index contributed by atoms with van der Waals surface area (Å²) in [6, 6.07) is 6.22. The van der Waals surface area contributed by atoms with E-state index in [4.69, 9.17) is 10.5 Å². The maximum Gasteiger partial charge on any atom is 0.119 e. The van der Waals surface area contributed by atoms with Gasteiger partial charge in [-0.1, -0.05) is 6.07 Å². The van der Waals surface area contributed by atoms with Crippen LogP contribution in [0.2, 0.25) is 0 Å². The fraction of sp³-hybridized carbons (Fsp3) is 0.571. The van der Waals surface area contributed by atoms with E-state index in [1.807, 2.05) is 6.07 Å². The molecule has 2 rings (SSSR count). The second kappa shape index (κ2) is 5.07. The van der Waals surface area contributed by atoms with E-state index in [1.54, 1.807) is 7.11 Å². The first-order chi connectivity index (χ1) is 8.25. The van der Waals surface area contributed by atoms with Crippen LogP contribution in [0.4, 0.5) is 0 Å². The van der Waals surface area contributed by atoms with Crippen molar-refractivity contribution in [3.8, 4) is 5.75 Å². The number of nitrogens with two attached hydrogens (primary N) is 1. The Balaban J connectivity index is 2.42. The first-order valence-electron chi connectivity index (χ1n) is 6.24. The molecule has 0 fully saturated rings. The molecule has 0 aromatic heterocycles. The topological polar surface area (TPSA) is 55.5 Å². The van der Waals surface area contributed by atoms with Crippen LogP contribution in [0, 0.1) is 0 Å². The monoisotopic (exact) mass is 235 g/mol. The molecule has 3 N–H and O–H groups in total. The van der Waals surface area contributed by atoms with Crippen molar-refractivity contribution in [1.82, 2.24) is 0 Å². The maximum absolute atomic E-state index is 9.26. The van der Waals surface area contributed by atoms with Gasteiger partial charge in [-0.05, 0) is 48.9 Å². The Morgan fingerprint density at radius 2 is 2.29 bits per heavy atom. The van der Waals surface area contributed by atoms with Crippen LogP contribution in [-0.4, -0.2) is 25.4 Å². The first kappa shape index (κ1) is 12.4. The third kappa shape index (κ3) is 2.17. The average Bonchev–Trinajstić information content (AvgIpc) is 2.38. The Morgan fingerprint density at radius 3 is 2.94 bits per heavy atom. The van der Waals surface area contributed by atoms with Crippen molar-refractivity contribution >= 4 is 0 Å². The smallest absolute Gasteiger partial charge is 0.119 e. The molecule has 1 aromatic rings. The van der Waals surface area contributed by atoms with Crippen molar-refractivity contribution in [2.75, 3.05) is 20.3 Å². The van der Waals surface area contributed by atoms with Gasteiger partial charge in [-0.2, -0.15) is 0 Å². The van der Waals surface area contributed by atoms with Crippen molar-refractivity contribution < 1.29 is 9.84 Å². The fourth-order valence-corrected chi connectivity index (χ4v) is 2.96. The van der Waals surface area contributed by atoms with Gasteiger partial charge in [0.15, 0.2) is 0 Å². The lowest BCUT2D eigenvalue weighted by Gasteiger charge is -2.38. The van der Waals surface area contributed by atoms with Crippen molar-refractivity contribution in [2.45, 2.75) is 31.1 Å². The van der Waals surface area contributed by atoms with Gasteiger partial charge in [-0.15, -0.1) is 0 Å². The summed E-state index contributed by atoms with van der Waals surface area (Å²) in [7, 11) is 1.69. The summed E-state index contributed by atoms with van der Waals surface area (Å²) in [6.45, 7) is 0.801. The molecule has 1 atom stereocenters. The number of aryl methyl sites for hydroxylation is 1. The number of fused-ring (bicyclic) bond motifs is 1. The molecule has 0 saturated heterocycles. The van der Waals surface area contributed by atoms with E-state index in [-0.39, 0.29) is 12.0 Å². The number of hydrogen-bond acceptors (Lipinski definition) is 3. The highest BCUT2D eigenvalue weighted by molar-refractivity contribution is 5.42. The summed E-state index contributed by atoms with van der Waals surface area (Å²) in [5.41, 5.74) is 8.57. The fourth-order valence-electron chi connectivity index (χ4n) is 2.96. The molecular weight excluding hydrogens is 214 g/mol. The molecule has 0 saturated carbocycles. The molecule has 3 heteroatoms. The first-order valence-corrected chi connectivity index (χ1v) is 6.24. The predicted molar refractivity (Wildman–Crippen MR) is 68.4 cm³/mol. The van der Waals surface area contributed by atoms with Gasteiger partial charge >= 0.3 is 0 Å².